The topological polar surface area (TPSA) is 0 Å². The Hall–Kier alpha value is -0.380. The van der Waals surface area contributed by atoms with Crippen molar-refractivity contribution in [3.63, 3.8) is 0 Å². The van der Waals surface area contributed by atoms with E-state index < -0.39 is 0 Å². The molecule has 2 rings (SSSR count). The number of aryl methyl sites for hydroxylation is 1. The molecular formula is C14H16S3. The van der Waals surface area contributed by atoms with Crippen molar-refractivity contribution in [1.82, 2.24) is 0 Å². The van der Waals surface area contributed by atoms with Gasteiger partial charge in [0.05, 0.1) is 4.21 Å². The normalized spacial score (nSPS) is 10.7. The smallest absolute Gasteiger partial charge is 0.0604 e. The van der Waals surface area contributed by atoms with Crippen molar-refractivity contribution in [1.29, 1.82) is 0 Å². The SMILES string of the molecule is CCc1ccc(SCc2ccc(SC)cc2)s1. The molecule has 0 nitrogen and oxygen atoms in total. The van der Waals surface area contributed by atoms with Gasteiger partial charge in [-0.3, -0.25) is 0 Å². The minimum Gasteiger partial charge on any atom is -0.134 e. The largest absolute Gasteiger partial charge is 0.134 e. The third-order valence-corrected chi connectivity index (χ3v) is 5.80. The average molecular weight is 280 g/mol. The number of rotatable bonds is 5. The lowest BCUT2D eigenvalue weighted by atomic mass is 10.2. The molecule has 0 aliphatic carbocycles. The summed E-state index contributed by atoms with van der Waals surface area (Å²) in [7, 11) is 0. The molecule has 1 heterocycles. The maximum atomic E-state index is 2.24. The molecule has 0 aliphatic rings. The fourth-order valence-electron chi connectivity index (χ4n) is 1.50. The van der Waals surface area contributed by atoms with Crippen molar-refractivity contribution in [3.05, 3.63) is 46.8 Å². The summed E-state index contributed by atoms with van der Waals surface area (Å²) in [5, 5.41) is 0. The van der Waals surface area contributed by atoms with E-state index in [1.54, 1.807) is 11.8 Å². The second-order valence-electron chi connectivity index (χ2n) is 3.71. The van der Waals surface area contributed by atoms with Gasteiger partial charge < -0.3 is 0 Å². The Morgan fingerprint density at radius 1 is 1.06 bits per heavy atom. The van der Waals surface area contributed by atoms with E-state index in [4.69, 9.17) is 0 Å². The fourth-order valence-corrected chi connectivity index (χ4v) is 3.98. The molecule has 0 saturated heterocycles. The van der Waals surface area contributed by atoms with Crippen LogP contribution in [0.2, 0.25) is 0 Å². The molecule has 17 heavy (non-hydrogen) atoms. The third-order valence-electron chi connectivity index (χ3n) is 2.53. The number of thioether (sulfide) groups is 2. The van der Waals surface area contributed by atoms with E-state index in [1.165, 1.54) is 19.5 Å². The van der Waals surface area contributed by atoms with Crippen molar-refractivity contribution in [2.75, 3.05) is 6.26 Å². The molecule has 0 unspecified atom stereocenters. The van der Waals surface area contributed by atoms with Crippen molar-refractivity contribution in [2.45, 2.75) is 28.2 Å². The van der Waals surface area contributed by atoms with E-state index in [2.05, 4.69) is 49.6 Å². The van der Waals surface area contributed by atoms with Gasteiger partial charge in [-0.05, 0) is 42.5 Å². The fraction of sp³-hybridized carbons (Fsp3) is 0.286. The summed E-state index contributed by atoms with van der Waals surface area (Å²) in [6.45, 7) is 2.21. The van der Waals surface area contributed by atoms with Gasteiger partial charge in [0.2, 0.25) is 0 Å². The maximum absolute atomic E-state index is 2.24. The summed E-state index contributed by atoms with van der Waals surface area (Å²) < 4.78 is 1.43. The maximum Gasteiger partial charge on any atom is 0.0604 e. The first-order chi connectivity index (χ1) is 8.31. The van der Waals surface area contributed by atoms with Gasteiger partial charge in [0.25, 0.3) is 0 Å². The van der Waals surface area contributed by atoms with Gasteiger partial charge in [-0.15, -0.1) is 34.9 Å². The van der Waals surface area contributed by atoms with Gasteiger partial charge in [0, 0.05) is 15.5 Å². The van der Waals surface area contributed by atoms with Crippen molar-refractivity contribution < 1.29 is 0 Å². The first kappa shape index (κ1) is 13.1. The van der Waals surface area contributed by atoms with E-state index in [-0.39, 0.29) is 0 Å². The molecule has 2 aromatic rings. The summed E-state index contributed by atoms with van der Waals surface area (Å²) in [5.41, 5.74) is 1.40. The Labute approximate surface area is 116 Å². The van der Waals surface area contributed by atoms with Crippen LogP contribution in [0.1, 0.15) is 17.4 Å². The lowest BCUT2D eigenvalue weighted by molar-refractivity contribution is 1.19. The number of benzene rings is 1. The molecule has 0 N–H and O–H groups in total. The number of thiophene rings is 1. The highest BCUT2D eigenvalue weighted by Gasteiger charge is 2.00. The van der Waals surface area contributed by atoms with E-state index in [9.17, 15) is 0 Å². The minimum atomic E-state index is 1.07. The predicted molar refractivity (Wildman–Crippen MR) is 81.5 cm³/mol. The zero-order valence-corrected chi connectivity index (χ0v) is 12.6. The van der Waals surface area contributed by atoms with E-state index in [0.29, 0.717) is 0 Å². The molecule has 0 atom stereocenters. The summed E-state index contributed by atoms with van der Waals surface area (Å²) >= 11 is 5.65. The molecule has 3 heteroatoms. The quantitative estimate of drug-likeness (QED) is 0.679. The summed E-state index contributed by atoms with van der Waals surface area (Å²) in [6.07, 6.45) is 3.26. The third kappa shape index (κ3) is 3.80. The Morgan fingerprint density at radius 3 is 2.41 bits per heavy atom. The highest BCUT2D eigenvalue weighted by atomic mass is 32.2. The highest BCUT2D eigenvalue weighted by Crippen LogP contribution is 2.30. The van der Waals surface area contributed by atoms with E-state index >= 15 is 0 Å². The standard InChI is InChI=1S/C14H16S3/c1-3-12-8-9-14(17-12)16-10-11-4-6-13(15-2)7-5-11/h4-9H,3,10H2,1-2H3. The van der Waals surface area contributed by atoms with Gasteiger partial charge >= 0.3 is 0 Å². The van der Waals surface area contributed by atoms with Crippen LogP contribution in [0, 0.1) is 0 Å². The van der Waals surface area contributed by atoms with Gasteiger partial charge in [0.15, 0.2) is 0 Å². The highest BCUT2D eigenvalue weighted by molar-refractivity contribution is 8.00. The molecule has 0 spiro atoms. The zero-order valence-electron chi connectivity index (χ0n) is 10.1. The van der Waals surface area contributed by atoms with Crippen LogP contribution < -0.4 is 0 Å². The van der Waals surface area contributed by atoms with Crippen LogP contribution in [0.25, 0.3) is 0 Å². The van der Waals surface area contributed by atoms with Crippen LogP contribution in [0.4, 0.5) is 0 Å². The molecule has 0 fully saturated rings. The Bertz CT molecular complexity index is 457. The van der Waals surface area contributed by atoms with Crippen LogP contribution in [-0.4, -0.2) is 6.26 Å². The summed E-state index contributed by atoms with van der Waals surface area (Å²) in [5.74, 6) is 1.07. The molecule has 1 aromatic heterocycles. The van der Waals surface area contributed by atoms with Gasteiger partial charge in [-0.1, -0.05) is 19.1 Å². The van der Waals surface area contributed by atoms with Crippen molar-refractivity contribution in [2.24, 2.45) is 0 Å². The van der Waals surface area contributed by atoms with Crippen LogP contribution >= 0.6 is 34.9 Å². The van der Waals surface area contributed by atoms with Gasteiger partial charge in [0.1, 0.15) is 0 Å². The molecule has 1 aromatic carbocycles. The van der Waals surface area contributed by atoms with Crippen molar-refractivity contribution >= 4 is 34.9 Å². The molecule has 0 aliphatic heterocycles. The van der Waals surface area contributed by atoms with E-state index in [1.807, 2.05) is 23.1 Å². The molecule has 0 amide bonds. The van der Waals surface area contributed by atoms with Crippen LogP contribution in [0.15, 0.2) is 45.5 Å². The molecule has 0 bridgehead atoms. The summed E-state index contributed by atoms with van der Waals surface area (Å²) in [6, 6.07) is 13.3. The van der Waals surface area contributed by atoms with Gasteiger partial charge in [-0.25, -0.2) is 0 Å². The van der Waals surface area contributed by atoms with E-state index in [0.717, 1.165) is 12.2 Å². The predicted octanol–water partition coefficient (Wildman–Crippen LogP) is 5.32. The summed E-state index contributed by atoms with van der Waals surface area (Å²) in [4.78, 5) is 2.81. The first-order valence-electron chi connectivity index (χ1n) is 5.66. The Kier molecular flexibility index (Phi) is 5.01. The molecular weight excluding hydrogens is 264 g/mol. The van der Waals surface area contributed by atoms with Crippen LogP contribution in [0.3, 0.4) is 0 Å². The van der Waals surface area contributed by atoms with Crippen LogP contribution in [-0.2, 0) is 12.2 Å². The second kappa shape index (κ2) is 6.53. The first-order valence-corrected chi connectivity index (χ1v) is 8.69. The average Bonchev–Trinajstić information content (AvgIpc) is 2.85. The number of hydrogen-bond donors (Lipinski definition) is 0. The monoisotopic (exact) mass is 280 g/mol. The lowest BCUT2D eigenvalue weighted by Gasteiger charge is -2.01. The molecule has 0 radical (unpaired) electrons. The zero-order chi connectivity index (χ0) is 12.1. The van der Waals surface area contributed by atoms with Crippen LogP contribution in [0.5, 0.6) is 0 Å². The lowest BCUT2D eigenvalue weighted by Crippen LogP contribution is -1.79. The Morgan fingerprint density at radius 2 is 1.82 bits per heavy atom. The van der Waals surface area contributed by atoms with Crippen molar-refractivity contribution in [3.8, 4) is 0 Å². The second-order valence-corrected chi connectivity index (χ2v) is 7.03. The minimum absolute atomic E-state index is 1.07. The van der Waals surface area contributed by atoms with Gasteiger partial charge in [-0.2, -0.15) is 0 Å². The Balaban J connectivity index is 1.92. The molecule has 90 valence electrons. The molecule has 0 saturated carbocycles. The number of hydrogen-bond acceptors (Lipinski definition) is 3.